The summed E-state index contributed by atoms with van der Waals surface area (Å²) in [7, 11) is 0. The Hall–Kier alpha value is -1.76. The Bertz CT molecular complexity index is 574. The number of hydrogen-bond acceptors (Lipinski definition) is 5. The molecule has 0 aliphatic rings. The van der Waals surface area contributed by atoms with Crippen molar-refractivity contribution in [3.05, 3.63) is 27.0 Å². The van der Waals surface area contributed by atoms with Crippen LogP contribution in [-0.4, -0.2) is 26.3 Å². The van der Waals surface area contributed by atoms with E-state index >= 15 is 0 Å². The maximum absolute atomic E-state index is 12.0. The summed E-state index contributed by atoms with van der Waals surface area (Å²) in [5.41, 5.74) is 1.82. The molecule has 0 saturated heterocycles. The summed E-state index contributed by atoms with van der Waals surface area (Å²) in [6, 6.07) is -0.140. The van der Waals surface area contributed by atoms with Crippen molar-refractivity contribution in [1.29, 1.82) is 0 Å². The maximum Gasteiger partial charge on any atom is 0.274 e. The summed E-state index contributed by atoms with van der Waals surface area (Å²) in [6.45, 7) is 7.61. The van der Waals surface area contributed by atoms with E-state index in [9.17, 15) is 4.79 Å². The molecule has 96 valence electrons. The predicted molar refractivity (Wildman–Crippen MR) is 68.6 cm³/mol. The fourth-order valence-electron chi connectivity index (χ4n) is 1.78. The van der Waals surface area contributed by atoms with Gasteiger partial charge in [0.2, 0.25) is 0 Å². The molecule has 7 heteroatoms. The molecule has 0 radical (unpaired) electrons. The predicted octanol–water partition coefficient (Wildman–Crippen LogP) is 1.68. The average Bonchev–Trinajstić information content (AvgIpc) is 2.84. The van der Waals surface area contributed by atoms with E-state index in [4.69, 9.17) is 0 Å². The van der Waals surface area contributed by atoms with Crippen molar-refractivity contribution >= 4 is 17.2 Å². The van der Waals surface area contributed by atoms with Crippen LogP contribution in [0.1, 0.15) is 44.7 Å². The van der Waals surface area contributed by atoms with E-state index in [0.717, 1.165) is 15.6 Å². The van der Waals surface area contributed by atoms with Crippen LogP contribution < -0.4 is 5.32 Å². The van der Waals surface area contributed by atoms with E-state index in [1.807, 2.05) is 20.8 Å². The molecule has 0 saturated carbocycles. The zero-order chi connectivity index (χ0) is 13.3. The van der Waals surface area contributed by atoms with Gasteiger partial charge in [-0.05, 0) is 27.7 Å². The molecule has 0 aliphatic carbocycles. The Balaban J connectivity index is 2.13. The van der Waals surface area contributed by atoms with Crippen LogP contribution in [0.15, 0.2) is 0 Å². The smallest absolute Gasteiger partial charge is 0.274 e. The van der Waals surface area contributed by atoms with Crippen LogP contribution in [0.3, 0.4) is 0 Å². The lowest BCUT2D eigenvalue weighted by Crippen LogP contribution is -2.28. The number of H-pyrrole nitrogens is 1. The lowest BCUT2D eigenvalue weighted by Gasteiger charge is -2.11. The second kappa shape index (κ2) is 4.85. The Morgan fingerprint density at radius 2 is 2.06 bits per heavy atom. The fourth-order valence-corrected chi connectivity index (χ4v) is 2.69. The molecule has 2 N–H and O–H groups in total. The summed E-state index contributed by atoms with van der Waals surface area (Å²) in [4.78, 5) is 17.5. The van der Waals surface area contributed by atoms with Crippen LogP contribution in [0, 0.1) is 20.8 Å². The van der Waals surface area contributed by atoms with Gasteiger partial charge < -0.3 is 5.32 Å². The molecule has 0 spiro atoms. The maximum atomic E-state index is 12.0. The minimum absolute atomic E-state index is 0.140. The monoisotopic (exact) mass is 265 g/mol. The number of rotatable bonds is 3. The molecule has 2 aromatic rings. The molecule has 1 amide bonds. The molecule has 0 unspecified atom stereocenters. The van der Waals surface area contributed by atoms with Crippen molar-refractivity contribution < 1.29 is 4.79 Å². The molecule has 6 nitrogen and oxygen atoms in total. The molecule has 0 fully saturated rings. The largest absolute Gasteiger partial charge is 0.342 e. The zero-order valence-corrected chi connectivity index (χ0v) is 11.6. The van der Waals surface area contributed by atoms with Crippen LogP contribution in [0.4, 0.5) is 0 Å². The van der Waals surface area contributed by atoms with Crippen molar-refractivity contribution in [1.82, 2.24) is 25.7 Å². The second-order valence-electron chi connectivity index (χ2n) is 4.13. The number of carbonyl (C=O) groups excluding carboxylic acids is 1. The van der Waals surface area contributed by atoms with Gasteiger partial charge in [0, 0.05) is 4.88 Å². The number of thiazole rings is 1. The Morgan fingerprint density at radius 3 is 2.56 bits per heavy atom. The van der Waals surface area contributed by atoms with Gasteiger partial charge in [0.15, 0.2) is 5.69 Å². The molecule has 0 aliphatic heterocycles. The summed E-state index contributed by atoms with van der Waals surface area (Å²) in [5.74, 6) is -0.237. The van der Waals surface area contributed by atoms with Gasteiger partial charge in [0.05, 0.1) is 22.4 Å². The highest BCUT2D eigenvalue weighted by molar-refractivity contribution is 7.11. The highest BCUT2D eigenvalue weighted by Crippen LogP contribution is 2.22. The highest BCUT2D eigenvalue weighted by atomic mass is 32.1. The number of amides is 1. The number of aryl methyl sites for hydroxylation is 3. The first kappa shape index (κ1) is 12.7. The number of aromatic amines is 1. The quantitative estimate of drug-likeness (QED) is 0.884. The summed E-state index contributed by atoms with van der Waals surface area (Å²) in [6.07, 6.45) is 0. The van der Waals surface area contributed by atoms with Gasteiger partial charge in [-0.15, -0.1) is 11.3 Å². The topological polar surface area (TPSA) is 83.6 Å². The molecule has 2 rings (SSSR count). The minimum atomic E-state index is -0.237. The number of aromatic nitrogens is 4. The van der Waals surface area contributed by atoms with Crippen molar-refractivity contribution in [2.24, 2.45) is 0 Å². The first-order valence-electron chi connectivity index (χ1n) is 5.61. The van der Waals surface area contributed by atoms with Gasteiger partial charge in [-0.25, -0.2) is 4.98 Å². The first-order chi connectivity index (χ1) is 8.49. The van der Waals surface area contributed by atoms with Crippen LogP contribution >= 0.6 is 11.3 Å². The van der Waals surface area contributed by atoms with Crippen LogP contribution in [-0.2, 0) is 0 Å². The zero-order valence-electron chi connectivity index (χ0n) is 10.7. The molecule has 0 bridgehead atoms. The minimum Gasteiger partial charge on any atom is -0.342 e. The Morgan fingerprint density at radius 1 is 1.33 bits per heavy atom. The third-order valence-corrected chi connectivity index (χ3v) is 3.54. The molecule has 2 heterocycles. The van der Waals surface area contributed by atoms with Crippen molar-refractivity contribution in [2.45, 2.75) is 33.7 Å². The highest BCUT2D eigenvalue weighted by Gasteiger charge is 2.19. The van der Waals surface area contributed by atoms with E-state index in [-0.39, 0.29) is 11.9 Å². The summed E-state index contributed by atoms with van der Waals surface area (Å²) in [5, 5.41) is 14.0. The molecule has 1 atom stereocenters. The lowest BCUT2D eigenvalue weighted by molar-refractivity contribution is 0.0933. The van der Waals surface area contributed by atoms with Gasteiger partial charge in [0.25, 0.3) is 5.91 Å². The summed E-state index contributed by atoms with van der Waals surface area (Å²) < 4.78 is 0. The van der Waals surface area contributed by atoms with E-state index in [2.05, 4.69) is 25.7 Å². The number of hydrogen-bond donors (Lipinski definition) is 2. The van der Waals surface area contributed by atoms with E-state index in [0.29, 0.717) is 11.4 Å². The van der Waals surface area contributed by atoms with Crippen molar-refractivity contribution in [3.63, 3.8) is 0 Å². The van der Waals surface area contributed by atoms with Gasteiger partial charge in [0.1, 0.15) is 0 Å². The van der Waals surface area contributed by atoms with Gasteiger partial charge in [-0.1, -0.05) is 0 Å². The molecule has 0 aromatic carbocycles. The number of nitrogens with one attached hydrogen (secondary N) is 2. The average molecular weight is 265 g/mol. The number of nitrogens with zero attached hydrogens (tertiary/aromatic N) is 3. The third kappa shape index (κ3) is 2.40. The standard InChI is InChI=1S/C11H15N5OS/c1-5(9-7(3)18-8(4)13-9)12-11(17)10-6(2)14-16-15-10/h5H,1-4H3,(H,12,17)(H,14,15,16)/t5-/m1/s1. The fraction of sp³-hybridized carbons (Fsp3) is 0.455. The molecule has 2 aromatic heterocycles. The molecular formula is C11H15N5OS. The SMILES string of the molecule is Cc1nc([C@@H](C)NC(=O)c2n[nH]nc2C)c(C)s1. The van der Waals surface area contributed by atoms with E-state index < -0.39 is 0 Å². The van der Waals surface area contributed by atoms with Gasteiger partial charge in [-0.2, -0.15) is 15.4 Å². The summed E-state index contributed by atoms with van der Waals surface area (Å²) >= 11 is 1.63. The van der Waals surface area contributed by atoms with Gasteiger partial charge in [-0.3, -0.25) is 4.79 Å². The van der Waals surface area contributed by atoms with Gasteiger partial charge >= 0.3 is 0 Å². The van der Waals surface area contributed by atoms with Crippen molar-refractivity contribution in [3.8, 4) is 0 Å². The van der Waals surface area contributed by atoms with Crippen LogP contribution in [0.5, 0.6) is 0 Å². The third-order valence-electron chi connectivity index (χ3n) is 2.63. The van der Waals surface area contributed by atoms with Crippen LogP contribution in [0.25, 0.3) is 0 Å². The Labute approximate surface area is 109 Å². The lowest BCUT2D eigenvalue weighted by atomic mass is 10.2. The van der Waals surface area contributed by atoms with E-state index in [1.54, 1.807) is 18.3 Å². The van der Waals surface area contributed by atoms with E-state index in [1.165, 1.54) is 0 Å². The Kier molecular flexibility index (Phi) is 3.42. The second-order valence-corrected chi connectivity index (χ2v) is 5.53. The molecule has 18 heavy (non-hydrogen) atoms. The molecular weight excluding hydrogens is 250 g/mol. The first-order valence-corrected chi connectivity index (χ1v) is 6.43. The normalized spacial score (nSPS) is 12.4. The van der Waals surface area contributed by atoms with Crippen LogP contribution in [0.2, 0.25) is 0 Å². The number of carbonyl (C=O) groups is 1. The van der Waals surface area contributed by atoms with Crippen molar-refractivity contribution in [2.75, 3.05) is 0 Å².